The standard InChI is InChI=1S/C15H28N2O6/c1-12(2)15(20)17-5-6-21-8-9-23-11-14(19)16-4-7-22-10-13(3)18/h12H,4-11H2,1-3H3,(H,16,19)(H,17,20). The van der Waals surface area contributed by atoms with Gasteiger partial charge in [0.05, 0.1) is 26.4 Å². The van der Waals surface area contributed by atoms with E-state index in [0.29, 0.717) is 32.9 Å². The first-order valence-corrected chi connectivity index (χ1v) is 7.70. The molecular formula is C15H28N2O6. The number of rotatable bonds is 14. The maximum Gasteiger partial charge on any atom is 0.246 e. The molecule has 0 rings (SSSR count). The Bertz CT molecular complexity index is 360. The van der Waals surface area contributed by atoms with Gasteiger partial charge < -0.3 is 24.8 Å². The van der Waals surface area contributed by atoms with E-state index in [1.54, 1.807) is 0 Å². The van der Waals surface area contributed by atoms with Crippen LogP contribution in [-0.2, 0) is 28.6 Å². The molecule has 23 heavy (non-hydrogen) atoms. The summed E-state index contributed by atoms with van der Waals surface area (Å²) in [5.74, 6) is -0.345. The van der Waals surface area contributed by atoms with Crippen LogP contribution in [0, 0.1) is 5.92 Å². The molecule has 0 unspecified atom stereocenters. The molecule has 0 aromatic heterocycles. The molecule has 2 amide bonds. The van der Waals surface area contributed by atoms with Gasteiger partial charge in [-0.05, 0) is 6.92 Å². The van der Waals surface area contributed by atoms with Crippen LogP contribution < -0.4 is 10.6 Å². The van der Waals surface area contributed by atoms with Crippen LogP contribution >= 0.6 is 0 Å². The SMILES string of the molecule is CC(=O)COCCNC(=O)COCCOCCNC(=O)C(C)C. The van der Waals surface area contributed by atoms with Gasteiger partial charge in [0.1, 0.15) is 13.2 Å². The van der Waals surface area contributed by atoms with Gasteiger partial charge in [-0.25, -0.2) is 0 Å². The maximum atomic E-state index is 11.4. The molecule has 8 nitrogen and oxygen atoms in total. The molecule has 0 fully saturated rings. The van der Waals surface area contributed by atoms with Gasteiger partial charge in [-0.15, -0.1) is 0 Å². The molecule has 134 valence electrons. The fourth-order valence-electron chi connectivity index (χ4n) is 1.36. The van der Waals surface area contributed by atoms with Crippen LogP contribution in [0.4, 0.5) is 0 Å². The highest BCUT2D eigenvalue weighted by molar-refractivity contribution is 5.78. The number of amides is 2. The van der Waals surface area contributed by atoms with E-state index in [2.05, 4.69) is 10.6 Å². The van der Waals surface area contributed by atoms with Crippen LogP contribution in [0.2, 0.25) is 0 Å². The van der Waals surface area contributed by atoms with Crippen molar-refractivity contribution in [2.24, 2.45) is 5.92 Å². The van der Waals surface area contributed by atoms with Crippen molar-refractivity contribution in [2.45, 2.75) is 20.8 Å². The molecule has 0 aliphatic rings. The number of Topliss-reactive ketones (excluding diaryl/α,β-unsaturated/α-hetero) is 1. The van der Waals surface area contributed by atoms with Crippen molar-refractivity contribution < 1.29 is 28.6 Å². The lowest BCUT2D eigenvalue weighted by Gasteiger charge is -2.09. The molecule has 8 heteroatoms. The molecule has 0 atom stereocenters. The van der Waals surface area contributed by atoms with Crippen molar-refractivity contribution in [3.63, 3.8) is 0 Å². The highest BCUT2D eigenvalue weighted by Crippen LogP contribution is 1.89. The lowest BCUT2D eigenvalue weighted by atomic mass is 10.2. The average Bonchev–Trinajstić information content (AvgIpc) is 2.48. The fraction of sp³-hybridized carbons (Fsp3) is 0.800. The Morgan fingerprint density at radius 2 is 1.39 bits per heavy atom. The van der Waals surface area contributed by atoms with Crippen LogP contribution in [0.5, 0.6) is 0 Å². The molecule has 0 radical (unpaired) electrons. The smallest absolute Gasteiger partial charge is 0.246 e. The summed E-state index contributed by atoms with van der Waals surface area (Å²) in [7, 11) is 0. The summed E-state index contributed by atoms with van der Waals surface area (Å²) in [6.07, 6.45) is 0. The number of ether oxygens (including phenoxy) is 3. The zero-order valence-electron chi connectivity index (χ0n) is 14.2. The highest BCUT2D eigenvalue weighted by atomic mass is 16.5. The topological polar surface area (TPSA) is 103 Å². The van der Waals surface area contributed by atoms with Crippen molar-refractivity contribution >= 4 is 17.6 Å². The molecule has 0 aliphatic heterocycles. The summed E-state index contributed by atoms with van der Waals surface area (Å²) in [4.78, 5) is 33.2. The monoisotopic (exact) mass is 332 g/mol. The Morgan fingerprint density at radius 1 is 0.826 bits per heavy atom. The number of hydrogen-bond acceptors (Lipinski definition) is 6. The molecule has 0 spiro atoms. The van der Waals surface area contributed by atoms with E-state index < -0.39 is 0 Å². The van der Waals surface area contributed by atoms with E-state index in [1.807, 2.05) is 13.8 Å². The summed E-state index contributed by atoms with van der Waals surface area (Å²) >= 11 is 0. The van der Waals surface area contributed by atoms with Gasteiger partial charge in [0, 0.05) is 19.0 Å². The van der Waals surface area contributed by atoms with Gasteiger partial charge in [0.25, 0.3) is 0 Å². The second-order valence-corrected chi connectivity index (χ2v) is 5.22. The van der Waals surface area contributed by atoms with Crippen molar-refractivity contribution in [1.29, 1.82) is 0 Å². The molecule has 0 saturated heterocycles. The molecule has 0 saturated carbocycles. The van der Waals surface area contributed by atoms with E-state index in [-0.39, 0.29) is 43.3 Å². The molecule has 0 bridgehead atoms. The summed E-state index contributed by atoms with van der Waals surface area (Å²) in [5.41, 5.74) is 0. The molecule has 2 N–H and O–H groups in total. The highest BCUT2D eigenvalue weighted by Gasteiger charge is 2.05. The first-order valence-electron chi connectivity index (χ1n) is 7.70. The third-order valence-electron chi connectivity index (χ3n) is 2.55. The minimum atomic E-state index is -0.249. The van der Waals surface area contributed by atoms with Gasteiger partial charge in [-0.1, -0.05) is 13.8 Å². The minimum Gasteiger partial charge on any atom is -0.377 e. The minimum absolute atomic E-state index is 0.00574. The molecular weight excluding hydrogens is 304 g/mol. The number of nitrogens with one attached hydrogen (secondary N) is 2. The summed E-state index contributed by atoms with van der Waals surface area (Å²) in [6.45, 7) is 7.22. The van der Waals surface area contributed by atoms with Gasteiger partial charge in [-0.3, -0.25) is 14.4 Å². The first-order chi connectivity index (χ1) is 10.9. The van der Waals surface area contributed by atoms with Crippen LogP contribution in [0.25, 0.3) is 0 Å². The van der Waals surface area contributed by atoms with Crippen LogP contribution in [0.1, 0.15) is 20.8 Å². The molecule has 0 aromatic rings. The van der Waals surface area contributed by atoms with Crippen molar-refractivity contribution in [3.05, 3.63) is 0 Å². The van der Waals surface area contributed by atoms with Crippen LogP contribution in [-0.4, -0.2) is 70.3 Å². The normalized spacial score (nSPS) is 10.6. The zero-order chi connectivity index (χ0) is 17.5. The Kier molecular flexibility index (Phi) is 13.2. The second kappa shape index (κ2) is 14.1. The average molecular weight is 332 g/mol. The Balaban J connectivity index is 3.29. The first kappa shape index (κ1) is 21.5. The Morgan fingerprint density at radius 3 is 2.04 bits per heavy atom. The molecule has 0 aliphatic carbocycles. The van der Waals surface area contributed by atoms with Crippen molar-refractivity contribution in [3.8, 4) is 0 Å². The van der Waals surface area contributed by atoms with Gasteiger partial charge in [0.2, 0.25) is 11.8 Å². The number of carbonyl (C=O) groups is 3. The molecule has 0 aromatic carbocycles. The molecule has 0 heterocycles. The van der Waals surface area contributed by atoms with E-state index in [9.17, 15) is 14.4 Å². The van der Waals surface area contributed by atoms with Crippen molar-refractivity contribution in [2.75, 3.05) is 52.7 Å². The van der Waals surface area contributed by atoms with E-state index >= 15 is 0 Å². The van der Waals surface area contributed by atoms with Crippen LogP contribution in [0.15, 0.2) is 0 Å². The summed E-state index contributed by atoms with van der Waals surface area (Å²) < 4.78 is 15.4. The maximum absolute atomic E-state index is 11.4. The number of hydrogen-bond donors (Lipinski definition) is 2. The predicted molar refractivity (Wildman–Crippen MR) is 84.0 cm³/mol. The van der Waals surface area contributed by atoms with Gasteiger partial charge in [-0.2, -0.15) is 0 Å². The van der Waals surface area contributed by atoms with Crippen LogP contribution in [0.3, 0.4) is 0 Å². The van der Waals surface area contributed by atoms with Gasteiger partial charge in [0.15, 0.2) is 5.78 Å². The van der Waals surface area contributed by atoms with E-state index in [0.717, 1.165) is 0 Å². The Labute approximate surface area is 137 Å². The fourth-order valence-corrected chi connectivity index (χ4v) is 1.36. The predicted octanol–water partition coefficient (Wildman–Crippen LogP) is -0.486. The van der Waals surface area contributed by atoms with Gasteiger partial charge >= 0.3 is 0 Å². The number of carbonyl (C=O) groups excluding carboxylic acids is 3. The largest absolute Gasteiger partial charge is 0.377 e. The van der Waals surface area contributed by atoms with Crippen molar-refractivity contribution in [1.82, 2.24) is 10.6 Å². The summed E-state index contributed by atoms with van der Waals surface area (Å²) in [6, 6.07) is 0. The zero-order valence-corrected chi connectivity index (χ0v) is 14.2. The van der Waals surface area contributed by atoms with E-state index in [1.165, 1.54) is 6.92 Å². The van der Waals surface area contributed by atoms with E-state index in [4.69, 9.17) is 14.2 Å². The third kappa shape index (κ3) is 15.2. The lowest BCUT2D eigenvalue weighted by Crippen LogP contribution is -2.32. The quantitative estimate of drug-likeness (QED) is 0.416. The second-order valence-electron chi connectivity index (χ2n) is 5.22. The summed E-state index contributed by atoms with van der Waals surface area (Å²) in [5, 5.41) is 5.33. The lowest BCUT2D eigenvalue weighted by molar-refractivity contribution is -0.127. The Hall–Kier alpha value is -1.51. The number of ketones is 1. The third-order valence-corrected chi connectivity index (χ3v) is 2.55.